The Bertz CT molecular complexity index is 158. The predicted molar refractivity (Wildman–Crippen MR) is 38.9 cm³/mol. The normalized spacial score (nSPS) is 12.5. The van der Waals surface area contributed by atoms with Crippen molar-refractivity contribution in [3.63, 3.8) is 0 Å². The Balaban J connectivity index is 3.73. The van der Waals surface area contributed by atoms with Gasteiger partial charge in [-0.15, -0.1) is 0 Å². The number of carboxylic acids is 1. The fourth-order valence-corrected chi connectivity index (χ4v) is 0.627. The maximum atomic E-state index is 10.6. The highest BCUT2D eigenvalue weighted by Crippen LogP contribution is 1.93. The maximum absolute atomic E-state index is 10.6. The van der Waals surface area contributed by atoms with E-state index in [4.69, 9.17) is 16.6 Å². The van der Waals surface area contributed by atoms with Gasteiger partial charge in [0, 0.05) is 0 Å². The topological polar surface area (TPSA) is 106 Å². The third-order valence-electron chi connectivity index (χ3n) is 1.27. The number of aliphatic carboxylic acids is 1. The minimum absolute atomic E-state index is 0.335. The van der Waals surface area contributed by atoms with Crippen LogP contribution in [0.1, 0.15) is 12.8 Å². The molecule has 0 saturated carbocycles. The molecular weight excluding hydrogens is 148 g/mol. The molecule has 0 fully saturated rings. The van der Waals surface area contributed by atoms with Crippen LogP contribution in [0.5, 0.6) is 0 Å². The van der Waals surface area contributed by atoms with Crippen molar-refractivity contribution in [3.8, 4) is 0 Å². The Labute approximate surface area is 64.4 Å². The van der Waals surface area contributed by atoms with Crippen molar-refractivity contribution < 1.29 is 14.7 Å². The number of carboxylic acid groups (broad SMARTS) is 1. The Morgan fingerprint density at radius 3 is 2.36 bits per heavy atom. The third kappa shape index (κ3) is 3.69. The monoisotopic (exact) mass is 160 g/mol. The number of rotatable bonds is 5. The Hall–Kier alpha value is -0.940. The van der Waals surface area contributed by atoms with Crippen LogP contribution in [0.25, 0.3) is 0 Å². The summed E-state index contributed by atoms with van der Waals surface area (Å²) >= 11 is 0. The summed E-state index contributed by atoms with van der Waals surface area (Å²) in [6.07, 6.45) is 0.905. The lowest BCUT2D eigenvalue weighted by atomic mass is 10.1. The molecule has 0 amide bonds. The fraction of sp³-hybridized carbons (Fsp3) is 0.667. The van der Waals surface area contributed by atoms with Crippen LogP contribution in [0.15, 0.2) is 0 Å². The van der Waals surface area contributed by atoms with Gasteiger partial charge in [-0.05, 0) is 19.4 Å². The first-order valence-corrected chi connectivity index (χ1v) is 3.32. The van der Waals surface area contributed by atoms with Gasteiger partial charge in [0.1, 0.15) is 0 Å². The molecule has 5 nitrogen and oxygen atoms in total. The average Bonchev–Trinajstić information content (AvgIpc) is 1.98. The second-order valence-corrected chi connectivity index (χ2v) is 2.21. The molecule has 0 aromatic heterocycles. The van der Waals surface area contributed by atoms with Gasteiger partial charge in [-0.25, -0.2) is 4.79 Å². The van der Waals surface area contributed by atoms with Gasteiger partial charge in [0.15, 0.2) is 0 Å². The minimum atomic E-state index is -1.48. The van der Waals surface area contributed by atoms with Gasteiger partial charge in [0.25, 0.3) is 5.78 Å². The first kappa shape index (κ1) is 10.1. The van der Waals surface area contributed by atoms with Crippen molar-refractivity contribution in [2.75, 3.05) is 6.54 Å². The van der Waals surface area contributed by atoms with E-state index in [1.165, 1.54) is 0 Å². The van der Waals surface area contributed by atoms with Crippen LogP contribution in [0.3, 0.4) is 0 Å². The van der Waals surface area contributed by atoms with Gasteiger partial charge >= 0.3 is 5.97 Å². The lowest BCUT2D eigenvalue weighted by Gasteiger charge is -2.04. The number of Topliss-reactive ketones (excluding diaryl/α,β-unsaturated/α-hetero) is 1. The van der Waals surface area contributed by atoms with E-state index in [9.17, 15) is 9.59 Å². The average molecular weight is 160 g/mol. The molecule has 5 heteroatoms. The van der Waals surface area contributed by atoms with E-state index in [1.807, 2.05) is 0 Å². The van der Waals surface area contributed by atoms with Gasteiger partial charge in [-0.2, -0.15) is 0 Å². The molecule has 1 unspecified atom stereocenters. The Morgan fingerprint density at radius 2 is 2.00 bits per heavy atom. The minimum Gasteiger partial charge on any atom is -0.475 e. The third-order valence-corrected chi connectivity index (χ3v) is 1.27. The summed E-state index contributed by atoms with van der Waals surface area (Å²) in [7, 11) is 0. The molecule has 5 N–H and O–H groups in total. The summed E-state index contributed by atoms with van der Waals surface area (Å²) in [6, 6.07) is -0.906. The number of ketones is 1. The molecule has 0 heterocycles. The molecule has 0 aliphatic heterocycles. The number of carbonyl (C=O) groups excluding carboxylic acids is 1. The van der Waals surface area contributed by atoms with E-state index in [2.05, 4.69) is 0 Å². The Kier molecular flexibility index (Phi) is 4.40. The van der Waals surface area contributed by atoms with E-state index >= 15 is 0 Å². The van der Waals surface area contributed by atoms with E-state index in [0.717, 1.165) is 0 Å². The number of nitrogens with two attached hydrogens (primary N) is 2. The highest BCUT2D eigenvalue weighted by Gasteiger charge is 2.19. The van der Waals surface area contributed by atoms with Crippen LogP contribution in [0.2, 0.25) is 0 Å². The predicted octanol–water partition coefficient (Wildman–Crippen LogP) is -1.29. The zero-order valence-corrected chi connectivity index (χ0v) is 6.12. The van der Waals surface area contributed by atoms with Crippen LogP contribution < -0.4 is 11.5 Å². The van der Waals surface area contributed by atoms with Crippen LogP contribution in [0, 0.1) is 0 Å². The van der Waals surface area contributed by atoms with E-state index in [1.54, 1.807) is 0 Å². The lowest BCUT2D eigenvalue weighted by molar-refractivity contribution is -0.149. The highest BCUT2D eigenvalue weighted by atomic mass is 16.4. The summed E-state index contributed by atoms with van der Waals surface area (Å²) in [5.41, 5.74) is 10.4. The van der Waals surface area contributed by atoms with E-state index in [-0.39, 0.29) is 0 Å². The van der Waals surface area contributed by atoms with Crippen molar-refractivity contribution in [3.05, 3.63) is 0 Å². The molecule has 0 radical (unpaired) electrons. The molecular formula is C6H12N2O3. The number of hydrogen-bond acceptors (Lipinski definition) is 4. The molecule has 64 valence electrons. The van der Waals surface area contributed by atoms with Gasteiger partial charge < -0.3 is 16.6 Å². The van der Waals surface area contributed by atoms with Crippen molar-refractivity contribution in [1.29, 1.82) is 0 Å². The molecule has 11 heavy (non-hydrogen) atoms. The first-order valence-electron chi connectivity index (χ1n) is 3.32. The molecule has 0 saturated heterocycles. The van der Waals surface area contributed by atoms with Crippen LogP contribution in [-0.2, 0) is 9.59 Å². The second-order valence-electron chi connectivity index (χ2n) is 2.21. The van der Waals surface area contributed by atoms with Crippen LogP contribution in [0.4, 0.5) is 0 Å². The van der Waals surface area contributed by atoms with Gasteiger partial charge in [0.2, 0.25) is 0 Å². The van der Waals surface area contributed by atoms with Gasteiger partial charge in [-0.1, -0.05) is 0 Å². The molecule has 0 aromatic carbocycles. The maximum Gasteiger partial charge on any atom is 0.373 e. The summed E-state index contributed by atoms with van der Waals surface area (Å²) in [4.78, 5) is 20.6. The fourth-order valence-electron chi connectivity index (χ4n) is 0.627. The van der Waals surface area contributed by atoms with Crippen molar-refractivity contribution in [2.24, 2.45) is 11.5 Å². The molecule has 0 aliphatic rings. The number of carbonyl (C=O) groups is 2. The molecule has 0 rings (SSSR count). The van der Waals surface area contributed by atoms with Crippen LogP contribution in [-0.4, -0.2) is 29.4 Å². The first-order chi connectivity index (χ1) is 5.09. The summed E-state index contributed by atoms with van der Waals surface area (Å²) < 4.78 is 0. The number of hydrogen-bond donors (Lipinski definition) is 3. The van der Waals surface area contributed by atoms with E-state index < -0.39 is 17.8 Å². The standard InChI is InChI=1S/C6H12N2O3/c7-3-1-2-4(8)5(9)6(10)11/h4H,1-3,7-8H2,(H,10,11). The molecule has 0 bridgehead atoms. The Morgan fingerprint density at radius 1 is 1.45 bits per heavy atom. The molecule has 1 atom stereocenters. The lowest BCUT2D eigenvalue weighted by Crippen LogP contribution is -2.36. The summed E-state index contributed by atoms with van der Waals surface area (Å²) in [5, 5.41) is 8.19. The molecule has 0 aromatic rings. The quantitative estimate of drug-likeness (QED) is 0.434. The zero-order chi connectivity index (χ0) is 8.85. The summed E-state index contributed by atoms with van der Waals surface area (Å²) in [5.74, 6) is -2.42. The van der Waals surface area contributed by atoms with Crippen molar-refractivity contribution >= 4 is 11.8 Å². The highest BCUT2D eigenvalue weighted by molar-refractivity contribution is 6.34. The van der Waals surface area contributed by atoms with Crippen molar-refractivity contribution in [2.45, 2.75) is 18.9 Å². The summed E-state index contributed by atoms with van der Waals surface area (Å²) in [6.45, 7) is 0.417. The largest absolute Gasteiger partial charge is 0.475 e. The van der Waals surface area contributed by atoms with Gasteiger partial charge in [-0.3, -0.25) is 4.79 Å². The second kappa shape index (κ2) is 4.81. The SMILES string of the molecule is NCCCC(N)C(=O)C(=O)O. The van der Waals surface area contributed by atoms with E-state index in [0.29, 0.717) is 19.4 Å². The smallest absolute Gasteiger partial charge is 0.373 e. The molecule has 0 spiro atoms. The van der Waals surface area contributed by atoms with Gasteiger partial charge in [0.05, 0.1) is 6.04 Å². The molecule has 0 aliphatic carbocycles. The van der Waals surface area contributed by atoms with Crippen LogP contribution >= 0.6 is 0 Å². The zero-order valence-electron chi connectivity index (χ0n) is 6.12. The van der Waals surface area contributed by atoms with Crippen molar-refractivity contribution in [1.82, 2.24) is 0 Å².